The van der Waals surface area contributed by atoms with Gasteiger partial charge in [-0.1, -0.05) is 35.9 Å². The summed E-state index contributed by atoms with van der Waals surface area (Å²) in [6.45, 7) is 4.28. The molecule has 1 aromatic carbocycles. The molecule has 0 radical (unpaired) electrons. The number of anilines is 1. The van der Waals surface area contributed by atoms with Crippen molar-refractivity contribution in [2.24, 2.45) is 5.92 Å². The largest absolute Gasteiger partial charge is 0.355 e. The molecule has 1 N–H and O–H groups in total. The summed E-state index contributed by atoms with van der Waals surface area (Å²) in [5.41, 5.74) is 3.28. The van der Waals surface area contributed by atoms with E-state index in [2.05, 4.69) is 16.4 Å². The average molecular weight is 488 g/mol. The van der Waals surface area contributed by atoms with Crippen LogP contribution >= 0.6 is 11.3 Å². The number of hydrogen-bond acceptors (Lipinski definition) is 6. The summed E-state index contributed by atoms with van der Waals surface area (Å²) in [7, 11) is 0. The van der Waals surface area contributed by atoms with Crippen LogP contribution < -0.4 is 15.8 Å². The lowest BCUT2D eigenvalue weighted by Crippen LogP contribution is -2.46. The number of hydrogen-bond donors (Lipinski definition) is 1. The van der Waals surface area contributed by atoms with Crippen LogP contribution in [0.1, 0.15) is 28.8 Å². The normalized spacial score (nSPS) is 15.9. The zero-order valence-corrected chi connectivity index (χ0v) is 20.6. The highest BCUT2D eigenvalue weighted by Crippen LogP contribution is 2.22. The van der Waals surface area contributed by atoms with Crippen LogP contribution in [-0.2, 0) is 17.8 Å². The minimum absolute atomic E-state index is 0.0497. The second kappa shape index (κ2) is 10.4. The molecular weight excluding hydrogens is 458 g/mol. The van der Waals surface area contributed by atoms with Crippen LogP contribution in [0.3, 0.4) is 0 Å². The van der Waals surface area contributed by atoms with Gasteiger partial charge in [-0.15, -0.1) is 11.3 Å². The number of nitrogens with one attached hydrogen (secondary N) is 1. The van der Waals surface area contributed by atoms with Gasteiger partial charge < -0.3 is 10.2 Å². The van der Waals surface area contributed by atoms with E-state index in [0.29, 0.717) is 43.2 Å². The van der Waals surface area contributed by atoms with E-state index in [-0.39, 0.29) is 17.4 Å². The molecule has 8 heteroatoms. The van der Waals surface area contributed by atoms with E-state index in [9.17, 15) is 9.59 Å². The summed E-state index contributed by atoms with van der Waals surface area (Å²) in [6, 6.07) is 16.0. The number of pyridine rings is 1. The standard InChI is InChI=1S/C27H29N5O2S/c1-19-8-10-20(11-9-19)17-32-24-23(7-2-13-28-24)30-25(27(32)34)31-15-3-5-21(18-31)26(33)29-14-12-22-6-4-16-35-22/h2,4,6-11,13,16,21H,3,5,12,14-15,17-18H2,1H3,(H,29,33). The second-order valence-corrected chi connectivity index (χ2v) is 10.1. The van der Waals surface area contributed by atoms with Crippen LogP contribution in [0.4, 0.5) is 5.82 Å². The lowest BCUT2D eigenvalue weighted by Gasteiger charge is -2.32. The van der Waals surface area contributed by atoms with E-state index in [0.717, 1.165) is 24.8 Å². The molecule has 3 aromatic heterocycles. The number of carbonyl (C=O) groups excluding carboxylic acids is 1. The van der Waals surface area contributed by atoms with Crippen molar-refractivity contribution < 1.29 is 4.79 Å². The van der Waals surface area contributed by atoms with Crippen molar-refractivity contribution in [2.45, 2.75) is 32.7 Å². The maximum atomic E-state index is 13.7. The van der Waals surface area contributed by atoms with Gasteiger partial charge in [0.25, 0.3) is 5.56 Å². The highest BCUT2D eigenvalue weighted by atomic mass is 32.1. The zero-order valence-electron chi connectivity index (χ0n) is 19.8. The number of amides is 1. The predicted octanol–water partition coefficient (Wildman–Crippen LogP) is 3.79. The van der Waals surface area contributed by atoms with Crippen molar-refractivity contribution in [3.8, 4) is 0 Å². The molecule has 1 saturated heterocycles. The van der Waals surface area contributed by atoms with Crippen molar-refractivity contribution in [3.05, 3.63) is 86.5 Å². The topological polar surface area (TPSA) is 80.1 Å². The Balaban J connectivity index is 1.37. The summed E-state index contributed by atoms with van der Waals surface area (Å²) in [5.74, 6) is 0.283. The molecule has 5 rings (SSSR count). The Hall–Kier alpha value is -3.52. The zero-order chi connectivity index (χ0) is 24.2. The summed E-state index contributed by atoms with van der Waals surface area (Å²) < 4.78 is 1.70. The van der Waals surface area contributed by atoms with Gasteiger partial charge in [-0.2, -0.15) is 0 Å². The molecular formula is C27H29N5O2S. The van der Waals surface area contributed by atoms with E-state index in [1.54, 1.807) is 22.1 Å². The van der Waals surface area contributed by atoms with Crippen molar-refractivity contribution in [3.63, 3.8) is 0 Å². The molecule has 35 heavy (non-hydrogen) atoms. The fourth-order valence-corrected chi connectivity index (χ4v) is 5.29. The number of aromatic nitrogens is 3. The average Bonchev–Trinajstić information content (AvgIpc) is 3.40. The number of piperidine rings is 1. The van der Waals surface area contributed by atoms with Gasteiger partial charge in [0.15, 0.2) is 11.5 Å². The summed E-state index contributed by atoms with van der Waals surface area (Å²) in [6.07, 6.45) is 4.18. The predicted molar refractivity (Wildman–Crippen MR) is 140 cm³/mol. The summed E-state index contributed by atoms with van der Waals surface area (Å²) in [5, 5.41) is 5.13. The van der Waals surface area contributed by atoms with Crippen molar-refractivity contribution in [1.29, 1.82) is 0 Å². The molecule has 7 nitrogen and oxygen atoms in total. The molecule has 1 fully saturated rings. The number of carbonyl (C=O) groups is 1. The van der Waals surface area contributed by atoms with Crippen LogP contribution in [0.25, 0.3) is 11.2 Å². The van der Waals surface area contributed by atoms with Crippen LogP contribution in [-0.4, -0.2) is 40.1 Å². The van der Waals surface area contributed by atoms with Gasteiger partial charge in [0.05, 0.1) is 12.5 Å². The van der Waals surface area contributed by atoms with Crippen LogP contribution in [0.2, 0.25) is 0 Å². The summed E-state index contributed by atoms with van der Waals surface area (Å²) in [4.78, 5) is 38.9. The molecule has 0 aliphatic carbocycles. The van der Waals surface area contributed by atoms with Gasteiger partial charge in [0.2, 0.25) is 5.91 Å². The maximum absolute atomic E-state index is 13.7. The monoisotopic (exact) mass is 487 g/mol. The minimum Gasteiger partial charge on any atom is -0.355 e. The summed E-state index contributed by atoms with van der Waals surface area (Å²) >= 11 is 1.70. The first-order valence-electron chi connectivity index (χ1n) is 12.0. The Morgan fingerprint density at radius 2 is 2.03 bits per heavy atom. The third-order valence-electron chi connectivity index (χ3n) is 6.49. The molecule has 1 amide bonds. The highest BCUT2D eigenvalue weighted by Gasteiger charge is 2.28. The van der Waals surface area contributed by atoms with E-state index in [4.69, 9.17) is 4.98 Å². The molecule has 0 bridgehead atoms. The van der Waals surface area contributed by atoms with Gasteiger partial charge in [0, 0.05) is 30.7 Å². The molecule has 0 spiro atoms. The number of fused-ring (bicyclic) bond motifs is 1. The minimum atomic E-state index is -0.171. The Labute approximate surface area is 208 Å². The maximum Gasteiger partial charge on any atom is 0.295 e. The number of thiophene rings is 1. The highest BCUT2D eigenvalue weighted by molar-refractivity contribution is 7.09. The van der Waals surface area contributed by atoms with Gasteiger partial charge >= 0.3 is 0 Å². The van der Waals surface area contributed by atoms with E-state index < -0.39 is 0 Å². The van der Waals surface area contributed by atoms with E-state index in [1.807, 2.05) is 59.7 Å². The van der Waals surface area contributed by atoms with Crippen LogP contribution in [0, 0.1) is 12.8 Å². The lowest BCUT2D eigenvalue weighted by atomic mass is 9.97. The molecule has 4 aromatic rings. The third kappa shape index (κ3) is 5.27. The van der Waals surface area contributed by atoms with E-state index in [1.165, 1.54) is 10.4 Å². The number of aryl methyl sites for hydroxylation is 1. The smallest absolute Gasteiger partial charge is 0.295 e. The van der Waals surface area contributed by atoms with Crippen molar-refractivity contribution >= 4 is 34.2 Å². The van der Waals surface area contributed by atoms with E-state index >= 15 is 0 Å². The number of benzene rings is 1. The quantitative estimate of drug-likeness (QED) is 0.429. The van der Waals surface area contributed by atoms with Gasteiger partial charge in [-0.25, -0.2) is 9.97 Å². The fourth-order valence-electron chi connectivity index (χ4n) is 4.58. The van der Waals surface area contributed by atoms with Gasteiger partial charge in [-0.3, -0.25) is 14.2 Å². The molecule has 1 aliphatic rings. The van der Waals surface area contributed by atoms with Gasteiger partial charge in [-0.05, 0) is 55.3 Å². The molecule has 4 heterocycles. The molecule has 1 atom stereocenters. The van der Waals surface area contributed by atoms with Gasteiger partial charge in [0.1, 0.15) is 5.52 Å². The Morgan fingerprint density at radius 1 is 1.17 bits per heavy atom. The number of rotatable bonds is 7. The second-order valence-electron chi connectivity index (χ2n) is 9.06. The van der Waals surface area contributed by atoms with Crippen molar-refractivity contribution in [2.75, 3.05) is 24.5 Å². The molecule has 1 unspecified atom stereocenters. The Morgan fingerprint density at radius 3 is 2.83 bits per heavy atom. The first kappa shape index (κ1) is 23.2. The number of nitrogens with zero attached hydrogens (tertiary/aromatic N) is 4. The SMILES string of the molecule is Cc1ccc(Cn2c(=O)c(N3CCCC(C(=O)NCCc4cccs4)C3)nc3cccnc32)cc1. The Kier molecular flexibility index (Phi) is 6.90. The fraction of sp³-hybridized carbons (Fsp3) is 0.333. The first-order chi connectivity index (χ1) is 17.1. The molecule has 180 valence electrons. The molecule has 1 aliphatic heterocycles. The Bertz CT molecular complexity index is 1360. The first-order valence-corrected chi connectivity index (χ1v) is 12.9. The van der Waals surface area contributed by atoms with Crippen LogP contribution in [0.5, 0.6) is 0 Å². The lowest BCUT2D eigenvalue weighted by molar-refractivity contribution is -0.125. The molecule has 0 saturated carbocycles. The van der Waals surface area contributed by atoms with Crippen molar-refractivity contribution in [1.82, 2.24) is 19.9 Å². The third-order valence-corrected chi connectivity index (χ3v) is 7.42. The van der Waals surface area contributed by atoms with Crippen LogP contribution in [0.15, 0.2) is 64.9 Å².